The van der Waals surface area contributed by atoms with Crippen LogP contribution in [0.4, 0.5) is 33.5 Å². The maximum Gasteiger partial charge on any atom is 0.455 e. The van der Waals surface area contributed by atoms with E-state index in [0.29, 0.717) is 32.1 Å². The summed E-state index contributed by atoms with van der Waals surface area (Å²) in [7, 11) is 0. The Hall–Kier alpha value is -3.20. The minimum atomic E-state index is -5.69. The summed E-state index contributed by atoms with van der Waals surface area (Å²) in [6.07, 6.45) is -3.35. The zero-order chi connectivity index (χ0) is 25.3. The highest BCUT2D eigenvalue weighted by atomic mass is 32.2. The predicted molar refractivity (Wildman–Crippen MR) is 122 cm³/mol. The number of aliphatic imine (C=N–C) groups is 1. The second kappa shape index (κ2) is 9.21. The number of hydrogen-bond donors (Lipinski definition) is 1. The lowest BCUT2D eigenvalue weighted by Crippen LogP contribution is -2.40. The van der Waals surface area contributed by atoms with Gasteiger partial charge in [0.1, 0.15) is 11.6 Å². The summed E-state index contributed by atoms with van der Waals surface area (Å²) in [5.74, 6) is -4.06. The van der Waals surface area contributed by atoms with E-state index in [2.05, 4.69) is 21.1 Å². The molecule has 12 heteroatoms. The highest BCUT2D eigenvalue weighted by molar-refractivity contribution is 8.14. The molecule has 0 amide bonds. The predicted octanol–water partition coefficient (Wildman–Crippen LogP) is 5.84. The molecule has 34 heavy (non-hydrogen) atoms. The Kier molecular flexibility index (Phi) is 6.89. The monoisotopic (exact) mass is 496 g/mol. The number of alkyl halides is 5. The Morgan fingerprint density at radius 1 is 1.18 bits per heavy atom. The fourth-order valence-corrected chi connectivity index (χ4v) is 3.82. The van der Waals surface area contributed by atoms with E-state index in [9.17, 15) is 27.2 Å². The number of hydrogen-bond acceptors (Lipinski definition) is 6. The topological polar surface area (TPSA) is 92.9 Å². The van der Waals surface area contributed by atoms with Gasteiger partial charge in [-0.25, -0.2) is 9.98 Å². The first-order valence-electron chi connectivity index (χ1n) is 10.1. The SMILES string of the molecule is CCSC(=Nc1cc2cnn(CC(F)(F)C(F)(F)F)c2cn1)c1ccc(C(C)(C)C#N)cc1N. The molecule has 0 aliphatic rings. The Labute approximate surface area is 196 Å². The number of nitrogen functional groups attached to an aromatic ring is 1. The minimum Gasteiger partial charge on any atom is -0.398 e. The van der Waals surface area contributed by atoms with Gasteiger partial charge in [-0.15, -0.1) is 11.8 Å². The van der Waals surface area contributed by atoms with Crippen molar-refractivity contribution in [3.8, 4) is 6.07 Å². The van der Waals surface area contributed by atoms with Gasteiger partial charge >= 0.3 is 12.1 Å². The molecule has 1 aromatic carbocycles. The zero-order valence-corrected chi connectivity index (χ0v) is 19.3. The van der Waals surface area contributed by atoms with Gasteiger partial charge in [0.25, 0.3) is 0 Å². The van der Waals surface area contributed by atoms with E-state index >= 15 is 0 Å². The molecule has 2 N–H and O–H groups in total. The lowest BCUT2D eigenvalue weighted by atomic mass is 9.85. The molecule has 0 unspecified atom stereocenters. The van der Waals surface area contributed by atoms with Crippen molar-refractivity contribution in [1.29, 1.82) is 5.26 Å². The van der Waals surface area contributed by atoms with Gasteiger partial charge in [-0.2, -0.15) is 32.3 Å². The van der Waals surface area contributed by atoms with Crippen LogP contribution in [-0.4, -0.2) is 37.7 Å². The summed E-state index contributed by atoms with van der Waals surface area (Å²) < 4.78 is 65.1. The van der Waals surface area contributed by atoms with Gasteiger partial charge in [0.15, 0.2) is 5.82 Å². The number of anilines is 1. The second-order valence-electron chi connectivity index (χ2n) is 7.99. The number of aromatic nitrogens is 3. The molecule has 0 bridgehead atoms. The van der Waals surface area contributed by atoms with Gasteiger partial charge in [-0.1, -0.05) is 13.0 Å². The van der Waals surface area contributed by atoms with Crippen molar-refractivity contribution in [2.24, 2.45) is 4.99 Å². The summed E-state index contributed by atoms with van der Waals surface area (Å²) in [6.45, 7) is 3.83. The van der Waals surface area contributed by atoms with Crippen LogP contribution in [0.3, 0.4) is 0 Å². The molecule has 180 valence electrons. The number of nitrogens with two attached hydrogens (primary N) is 1. The molecule has 3 aromatic rings. The van der Waals surface area contributed by atoms with Crippen LogP contribution >= 0.6 is 11.8 Å². The number of fused-ring (bicyclic) bond motifs is 1. The first-order chi connectivity index (χ1) is 15.8. The molecule has 0 saturated carbocycles. The molecular weight excluding hydrogens is 475 g/mol. The Morgan fingerprint density at radius 2 is 1.88 bits per heavy atom. The molecule has 0 spiro atoms. The molecule has 0 fully saturated rings. The third kappa shape index (κ3) is 5.14. The van der Waals surface area contributed by atoms with Gasteiger partial charge in [-0.05, 0) is 43.4 Å². The van der Waals surface area contributed by atoms with Crippen molar-refractivity contribution < 1.29 is 22.0 Å². The number of halogens is 5. The maximum absolute atomic E-state index is 13.4. The summed E-state index contributed by atoms with van der Waals surface area (Å²) in [5.41, 5.74) is 7.34. The second-order valence-corrected chi connectivity index (χ2v) is 9.25. The summed E-state index contributed by atoms with van der Waals surface area (Å²) in [5, 5.41) is 13.9. The maximum atomic E-state index is 13.4. The van der Waals surface area contributed by atoms with E-state index < -0.39 is 24.1 Å². The van der Waals surface area contributed by atoms with Crippen LogP contribution in [0.2, 0.25) is 0 Å². The van der Waals surface area contributed by atoms with Crippen molar-refractivity contribution in [1.82, 2.24) is 14.8 Å². The van der Waals surface area contributed by atoms with E-state index in [-0.39, 0.29) is 11.3 Å². The fourth-order valence-electron chi connectivity index (χ4n) is 3.05. The smallest absolute Gasteiger partial charge is 0.398 e. The Balaban J connectivity index is 1.97. The average Bonchev–Trinajstić information content (AvgIpc) is 3.14. The average molecular weight is 497 g/mol. The van der Waals surface area contributed by atoms with Crippen molar-refractivity contribution in [3.05, 3.63) is 47.8 Å². The van der Waals surface area contributed by atoms with Crippen LogP contribution in [0, 0.1) is 11.3 Å². The Bertz CT molecular complexity index is 1270. The van der Waals surface area contributed by atoms with Crippen LogP contribution in [-0.2, 0) is 12.0 Å². The third-order valence-electron chi connectivity index (χ3n) is 5.06. The Morgan fingerprint density at radius 3 is 2.47 bits per heavy atom. The van der Waals surface area contributed by atoms with Crippen LogP contribution in [0.25, 0.3) is 10.9 Å². The van der Waals surface area contributed by atoms with E-state index in [4.69, 9.17) is 5.73 Å². The van der Waals surface area contributed by atoms with Crippen LogP contribution in [0.5, 0.6) is 0 Å². The number of nitrogens with zero attached hydrogens (tertiary/aromatic N) is 5. The first kappa shape index (κ1) is 25.4. The van der Waals surface area contributed by atoms with E-state index in [1.165, 1.54) is 24.0 Å². The third-order valence-corrected chi connectivity index (χ3v) is 5.93. The minimum absolute atomic E-state index is 0.0233. The molecular formula is C22H21F5N6S. The molecule has 3 rings (SSSR count). The summed E-state index contributed by atoms with van der Waals surface area (Å²) in [4.78, 5) is 8.63. The van der Waals surface area contributed by atoms with Crippen LogP contribution < -0.4 is 5.73 Å². The van der Waals surface area contributed by atoms with Gasteiger partial charge in [0.2, 0.25) is 0 Å². The van der Waals surface area contributed by atoms with Crippen molar-refractivity contribution in [3.63, 3.8) is 0 Å². The van der Waals surface area contributed by atoms with E-state index in [1.807, 2.05) is 6.92 Å². The van der Waals surface area contributed by atoms with Gasteiger partial charge < -0.3 is 5.73 Å². The summed E-state index contributed by atoms with van der Waals surface area (Å²) in [6, 6.07) is 8.94. The highest BCUT2D eigenvalue weighted by Gasteiger charge is 2.57. The normalized spacial score (nSPS) is 13.3. The molecule has 6 nitrogen and oxygen atoms in total. The first-order valence-corrected chi connectivity index (χ1v) is 11.1. The molecule has 0 aliphatic carbocycles. The zero-order valence-electron chi connectivity index (χ0n) is 18.5. The van der Waals surface area contributed by atoms with E-state index in [0.717, 1.165) is 11.8 Å². The van der Waals surface area contributed by atoms with Crippen molar-refractivity contribution in [2.75, 3.05) is 11.5 Å². The quantitative estimate of drug-likeness (QED) is 0.200. The molecule has 0 radical (unpaired) electrons. The molecule has 0 aliphatic heterocycles. The molecule has 0 saturated heterocycles. The number of rotatable bonds is 6. The number of nitriles is 1. The number of benzene rings is 1. The lowest BCUT2D eigenvalue weighted by Gasteiger charge is -2.19. The molecule has 2 aromatic heterocycles. The lowest BCUT2D eigenvalue weighted by molar-refractivity contribution is -0.287. The molecule has 0 atom stereocenters. The van der Waals surface area contributed by atoms with Gasteiger partial charge in [-0.3, -0.25) is 4.68 Å². The van der Waals surface area contributed by atoms with Crippen LogP contribution in [0.15, 0.2) is 41.7 Å². The van der Waals surface area contributed by atoms with Gasteiger partial charge in [0.05, 0.1) is 29.4 Å². The van der Waals surface area contributed by atoms with Gasteiger partial charge in [0, 0.05) is 16.6 Å². The molecule has 2 heterocycles. The van der Waals surface area contributed by atoms with Crippen molar-refractivity contribution in [2.45, 2.75) is 44.8 Å². The van der Waals surface area contributed by atoms with Crippen LogP contribution in [0.1, 0.15) is 31.9 Å². The standard InChI is InChI=1S/C22H21F5N6S/c1-4-34-19(15-6-5-14(8-16(15)29)20(2,3)11-28)32-18-7-13-9-31-33(17(13)10-30-18)12-21(23,24)22(25,26)27/h5-10H,4,12,29H2,1-3H3. The number of thioether (sulfide) groups is 1. The number of pyridine rings is 1. The largest absolute Gasteiger partial charge is 0.455 e. The highest BCUT2D eigenvalue weighted by Crippen LogP contribution is 2.37. The van der Waals surface area contributed by atoms with E-state index in [1.54, 1.807) is 32.0 Å². The summed E-state index contributed by atoms with van der Waals surface area (Å²) >= 11 is 1.40. The fraction of sp³-hybridized carbons (Fsp3) is 0.364. The van der Waals surface area contributed by atoms with Crippen molar-refractivity contribution >= 4 is 39.2 Å².